The molecule has 0 aliphatic heterocycles. The van der Waals surface area contributed by atoms with Gasteiger partial charge in [0, 0.05) is 5.69 Å². The van der Waals surface area contributed by atoms with Crippen molar-refractivity contribution in [2.45, 2.75) is 20.8 Å². The minimum absolute atomic E-state index is 0.838. The number of fused-ring (bicyclic) bond motifs is 1. The maximum atomic E-state index is 5.93. The highest BCUT2D eigenvalue weighted by molar-refractivity contribution is 5.75. The van der Waals surface area contributed by atoms with Gasteiger partial charge in [-0.1, -0.05) is 0 Å². The van der Waals surface area contributed by atoms with Crippen molar-refractivity contribution in [1.29, 1.82) is 0 Å². The third-order valence-electron chi connectivity index (χ3n) is 2.51. The molecule has 0 bridgehead atoms. The van der Waals surface area contributed by atoms with Crippen LogP contribution in [0.1, 0.15) is 17.0 Å². The van der Waals surface area contributed by atoms with Crippen molar-refractivity contribution >= 4 is 11.2 Å². The van der Waals surface area contributed by atoms with Gasteiger partial charge in [0.05, 0.1) is 16.9 Å². The Labute approximate surface area is 77.2 Å². The van der Waals surface area contributed by atoms with Crippen LogP contribution < -0.4 is 5.73 Å². The summed E-state index contributed by atoms with van der Waals surface area (Å²) in [4.78, 5) is 0. The molecule has 3 nitrogen and oxygen atoms in total. The predicted octanol–water partition coefficient (Wildman–Crippen LogP) is 1.84. The summed E-state index contributed by atoms with van der Waals surface area (Å²) >= 11 is 0. The van der Waals surface area contributed by atoms with Gasteiger partial charge in [-0.25, -0.2) is 4.52 Å². The largest absolute Gasteiger partial charge is 0.397 e. The van der Waals surface area contributed by atoms with Crippen LogP contribution in [0.15, 0.2) is 12.1 Å². The number of aromatic nitrogens is 2. The van der Waals surface area contributed by atoms with Crippen molar-refractivity contribution in [3.05, 3.63) is 29.1 Å². The molecule has 0 fully saturated rings. The van der Waals surface area contributed by atoms with Crippen molar-refractivity contribution in [3.8, 4) is 0 Å². The molecule has 0 aliphatic carbocycles. The molecule has 0 spiro atoms. The first-order valence-corrected chi connectivity index (χ1v) is 4.32. The lowest BCUT2D eigenvalue weighted by atomic mass is 10.2. The minimum atomic E-state index is 0.838. The van der Waals surface area contributed by atoms with Crippen LogP contribution in [0.2, 0.25) is 0 Å². The third-order valence-corrected chi connectivity index (χ3v) is 2.51. The van der Waals surface area contributed by atoms with E-state index in [1.807, 2.05) is 37.4 Å². The first kappa shape index (κ1) is 8.10. The number of aryl methyl sites for hydroxylation is 2. The van der Waals surface area contributed by atoms with Gasteiger partial charge in [0.25, 0.3) is 0 Å². The van der Waals surface area contributed by atoms with Crippen LogP contribution in [-0.2, 0) is 0 Å². The summed E-state index contributed by atoms with van der Waals surface area (Å²) in [5.74, 6) is 0. The molecule has 0 aliphatic rings. The zero-order valence-corrected chi connectivity index (χ0v) is 8.13. The smallest absolute Gasteiger partial charge is 0.0882 e. The Kier molecular flexibility index (Phi) is 1.55. The van der Waals surface area contributed by atoms with Crippen LogP contribution in [0, 0.1) is 20.8 Å². The third kappa shape index (κ3) is 1.00. The lowest BCUT2D eigenvalue weighted by molar-refractivity contribution is 0.869. The summed E-state index contributed by atoms with van der Waals surface area (Å²) in [5.41, 5.74) is 11.0. The van der Waals surface area contributed by atoms with Crippen LogP contribution in [0.4, 0.5) is 5.69 Å². The fraction of sp³-hybridized carbons (Fsp3) is 0.300. The molecule has 0 radical (unpaired) electrons. The van der Waals surface area contributed by atoms with Crippen molar-refractivity contribution in [2.75, 3.05) is 5.73 Å². The molecule has 68 valence electrons. The molecule has 13 heavy (non-hydrogen) atoms. The zero-order chi connectivity index (χ0) is 9.59. The van der Waals surface area contributed by atoms with E-state index in [1.165, 1.54) is 0 Å². The molecular weight excluding hydrogens is 162 g/mol. The van der Waals surface area contributed by atoms with Gasteiger partial charge in [-0.2, -0.15) is 5.10 Å². The molecule has 2 aromatic rings. The Bertz CT molecular complexity index is 468. The highest BCUT2D eigenvalue weighted by Gasteiger charge is 2.09. The molecule has 2 heterocycles. The van der Waals surface area contributed by atoms with E-state index in [0.29, 0.717) is 0 Å². The molecule has 0 unspecified atom stereocenters. The normalized spacial score (nSPS) is 11.0. The van der Waals surface area contributed by atoms with E-state index < -0.39 is 0 Å². The van der Waals surface area contributed by atoms with E-state index in [2.05, 4.69) is 5.10 Å². The van der Waals surface area contributed by atoms with Gasteiger partial charge >= 0.3 is 0 Å². The monoisotopic (exact) mass is 175 g/mol. The van der Waals surface area contributed by atoms with Crippen LogP contribution in [-0.4, -0.2) is 9.61 Å². The standard InChI is InChI=1S/C10H13N3/c1-6-4-5-9-10(11)7(2)8(3)13(9)12-6/h4-5H,11H2,1-3H3. The second-order valence-corrected chi connectivity index (χ2v) is 3.40. The van der Waals surface area contributed by atoms with E-state index >= 15 is 0 Å². The van der Waals surface area contributed by atoms with Gasteiger partial charge < -0.3 is 5.73 Å². The van der Waals surface area contributed by atoms with Crippen LogP contribution in [0.5, 0.6) is 0 Å². The Morgan fingerprint density at radius 1 is 1.23 bits per heavy atom. The summed E-state index contributed by atoms with van der Waals surface area (Å²) in [6.07, 6.45) is 0. The minimum Gasteiger partial charge on any atom is -0.397 e. The van der Waals surface area contributed by atoms with E-state index in [1.54, 1.807) is 0 Å². The van der Waals surface area contributed by atoms with E-state index in [4.69, 9.17) is 5.73 Å². The first-order valence-electron chi connectivity index (χ1n) is 4.32. The summed E-state index contributed by atoms with van der Waals surface area (Å²) in [7, 11) is 0. The van der Waals surface area contributed by atoms with Gasteiger partial charge in [-0.15, -0.1) is 0 Å². The molecular formula is C10H13N3. The summed E-state index contributed by atoms with van der Waals surface area (Å²) in [6, 6.07) is 3.99. The number of anilines is 1. The van der Waals surface area contributed by atoms with E-state index in [9.17, 15) is 0 Å². The number of hydrogen-bond donors (Lipinski definition) is 1. The summed E-state index contributed by atoms with van der Waals surface area (Å²) in [5, 5.41) is 4.39. The Balaban J connectivity index is 2.95. The van der Waals surface area contributed by atoms with Crippen molar-refractivity contribution in [3.63, 3.8) is 0 Å². The topological polar surface area (TPSA) is 43.3 Å². The molecule has 3 heteroatoms. The number of nitrogens with two attached hydrogens (primary N) is 1. The Morgan fingerprint density at radius 3 is 2.62 bits per heavy atom. The fourth-order valence-electron chi connectivity index (χ4n) is 1.52. The number of nitrogens with zero attached hydrogens (tertiary/aromatic N) is 2. The Hall–Kier alpha value is -1.51. The van der Waals surface area contributed by atoms with Crippen LogP contribution >= 0.6 is 0 Å². The molecule has 2 aromatic heterocycles. The van der Waals surface area contributed by atoms with Gasteiger partial charge in [0.15, 0.2) is 0 Å². The Morgan fingerprint density at radius 2 is 1.92 bits per heavy atom. The molecule has 0 saturated carbocycles. The van der Waals surface area contributed by atoms with Crippen molar-refractivity contribution in [1.82, 2.24) is 9.61 Å². The maximum absolute atomic E-state index is 5.93. The molecule has 0 aromatic carbocycles. The van der Waals surface area contributed by atoms with Gasteiger partial charge in [-0.3, -0.25) is 0 Å². The number of hydrogen-bond acceptors (Lipinski definition) is 2. The predicted molar refractivity (Wildman–Crippen MR) is 53.8 cm³/mol. The van der Waals surface area contributed by atoms with Crippen LogP contribution in [0.25, 0.3) is 5.52 Å². The molecule has 2 N–H and O–H groups in total. The molecule has 0 saturated heterocycles. The van der Waals surface area contributed by atoms with Gasteiger partial charge in [0.1, 0.15) is 0 Å². The van der Waals surface area contributed by atoms with Gasteiger partial charge in [-0.05, 0) is 38.5 Å². The highest BCUT2D eigenvalue weighted by atomic mass is 15.2. The van der Waals surface area contributed by atoms with Crippen molar-refractivity contribution in [2.24, 2.45) is 0 Å². The van der Waals surface area contributed by atoms with E-state index in [0.717, 1.165) is 28.2 Å². The second-order valence-electron chi connectivity index (χ2n) is 3.40. The highest BCUT2D eigenvalue weighted by Crippen LogP contribution is 2.23. The SMILES string of the molecule is Cc1ccc2c(N)c(C)c(C)n2n1. The first-order chi connectivity index (χ1) is 6.11. The quantitative estimate of drug-likeness (QED) is 0.664. The summed E-state index contributed by atoms with van der Waals surface area (Å²) in [6.45, 7) is 6.03. The van der Waals surface area contributed by atoms with Crippen molar-refractivity contribution < 1.29 is 0 Å². The average molecular weight is 175 g/mol. The maximum Gasteiger partial charge on any atom is 0.0882 e. The molecule has 0 atom stereocenters. The lowest BCUT2D eigenvalue weighted by Crippen LogP contribution is -1.95. The second kappa shape index (κ2) is 2.49. The lowest BCUT2D eigenvalue weighted by Gasteiger charge is -1.97. The number of nitrogen functional groups attached to an aromatic ring is 1. The summed E-state index contributed by atoms with van der Waals surface area (Å²) < 4.78 is 1.90. The van der Waals surface area contributed by atoms with E-state index in [-0.39, 0.29) is 0 Å². The number of rotatable bonds is 0. The van der Waals surface area contributed by atoms with Gasteiger partial charge in [0.2, 0.25) is 0 Å². The zero-order valence-electron chi connectivity index (χ0n) is 8.13. The molecule has 2 rings (SSSR count). The fourth-order valence-corrected chi connectivity index (χ4v) is 1.52. The average Bonchev–Trinajstić information content (AvgIpc) is 2.32. The molecule has 0 amide bonds. The van der Waals surface area contributed by atoms with Crippen LogP contribution in [0.3, 0.4) is 0 Å².